The van der Waals surface area contributed by atoms with Gasteiger partial charge in [-0.05, 0) is 42.5 Å². The quantitative estimate of drug-likeness (QED) is 0.518. The second kappa shape index (κ2) is 6.39. The minimum atomic E-state index is -0.640. The standard InChI is InChI=1S/C18H10ClNO3/c19-15-7-2-1-6-14(15)16-8-9-17(23-16)18(21)22-13-5-3-4-12(10-13)11-20/h1-10H. The first kappa shape index (κ1) is 14.9. The molecule has 2 aromatic carbocycles. The normalized spacial score (nSPS) is 10.1. The van der Waals surface area contributed by atoms with E-state index in [-0.39, 0.29) is 11.5 Å². The van der Waals surface area contributed by atoms with Crippen LogP contribution in [-0.4, -0.2) is 5.97 Å². The lowest BCUT2D eigenvalue weighted by atomic mass is 10.2. The largest absolute Gasteiger partial charge is 0.449 e. The average Bonchev–Trinajstić information content (AvgIpc) is 3.05. The smallest absolute Gasteiger partial charge is 0.379 e. The Morgan fingerprint density at radius 3 is 2.70 bits per heavy atom. The minimum Gasteiger partial charge on any atom is -0.449 e. The maximum atomic E-state index is 12.1. The van der Waals surface area contributed by atoms with E-state index in [1.165, 1.54) is 12.1 Å². The first-order valence-electron chi connectivity index (χ1n) is 6.74. The number of esters is 1. The van der Waals surface area contributed by atoms with Gasteiger partial charge >= 0.3 is 5.97 Å². The molecule has 0 bridgehead atoms. The van der Waals surface area contributed by atoms with E-state index in [1.807, 2.05) is 18.2 Å². The van der Waals surface area contributed by atoms with Crippen molar-refractivity contribution in [1.82, 2.24) is 0 Å². The highest BCUT2D eigenvalue weighted by Gasteiger charge is 2.16. The molecule has 0 saturated heterocycles. The Kier molecular flexibility index (Phi) is 4.13. The Morgan fingerprint density at radius 2 is 1.91 bits per heavy atom. The summed E-state index contributed by atoms with van der Waals surface area (Å²) in [7, 11) is 0. The summed E-state index contributed by atoms with van der Waals surface area (Å²) in [5, 5.41) is 9.38. The molecule has 0 fully saturated rings. The van der Waals surface area contributed by atoms with Gasteiger partial charge in [-0.25, -0.2) is 4.79 Å². The number of nitriles is 1. The molecule has 0 saturated carbocycles. The fraction of sp³-hybridized carbons (Fsp3) is 0. The summed E-state index contributed by atoms with van der Waals surface area (Å²) >= 11 is 6.10. The van der Waals surface area contributed by atoms with E-state index in [2.05, 4.69) is 0 Å². The molecule has 1 heterocycles. The lowest BCUT2D eigenvalue weighted by molar-refractivity contribution is 0.0702. The van der Waals surface area contributed by atoms with E-state index < -0.39 is 5.97 Å². The molecule has 112 valence electrons. The van der Waals surface area contributed by atoms with Crippen LogP contribution in [0, 0.1) is 11.3 Å². The molecule has 5 heteroatoms. The van der Waals surface area contributed by atoms with E-state index in [9.17, 15) is 4.79 Å². The van der Waals surface area contributed by atoms with Crippen molar-refractivity contribution in [1.29, 1.82) is 5.26 Å². The second-order valence-corrected chi connectivity index (χ2v) is 5.08. The maximum Gasteiger partial charge on any atom is 0.379 e. The van der Waals surface area contributed by atoms with Crippen LogP contribution in [0.4, 0.5) is 0 Å². The monoisotopic (exact) mass is 323 g/mol. The third-order valence-electron chi connectivity index (χ3n) is 3.12. The number of carbonyl (C=O) groups is 1. The van der Waals surface area contributed by atoms with E-state index in [1.54, 1.807) is 36.4 Å². The third kappa shape index (κ3) is 3.25. The van der Waals surface area contributed by atoms with Crippen molar-refractivity contribution < 1.29 is 13.9 Å². The minimum absolute atomic E-state index is 0.0577. The Bertz CT molecular complexity index is 908. The van der Waals surface area contributed by atoms with Gasteiger partial charge in [0.15, 0.2) is 0 Å². The van der Waals surface area contributed by atoms with Crippen LogP contribution in [0.25, 0.3) is 11.3 Å². The number of rotatable bonds is 3. The van der Waals surface area contributed by atoms with Crippen LogP contribution < -0.4 is 4.74 Å². The number of hydrogen-bond acceptors (Lipinski definition) is 4. The number of halogens is 1. The predicted octanol–water partition coefficient (Wildman–Crippen LogP) is 4.69. The third-order valence-corrected chi connectivity index (χ3v) is 3.45. The number of ether oxygens (including phenoxy) is 1. The lowest BCUT2D eigenvalue weighted by Gasteiger charge is -2.02. The molecular weight excluding hydrogens is 314 g/mol. The van der Waals surface area contributed by atoms with Crippen LogP contribution in [0.2, 0.25) is 5.02 Å². The summed E-state index contributed by atoms with van der Waals surface area (Å²) in [6.07, 6.45) is 0. The lowest BCUT2D eigenvalue weighted by Crippen LogP contribution is -2.07. The van der Waals surface area contributed by atoms with Crippen LogP contribution in [-0.2, 0) is 0 Å². The van der Waals surface area contributed by atoms with Crippen LogP contribution in [0.1, 0.15) is 16.1 Å². The van der Waals surface area contributed by atoms with E-state index in [4.69, 9.17) is 26.0 Å². The molecule has 0 unspecified atom stereocenters. The maximum absolute atomic E-state index is 12.1. The summed E-state index contributed by atoms with van der Waals surface area (Å²) in [4.78, 5) is 12.1. The molecule has 0 aliphatic rings. The predicted molar refractivity (Wildman–Crippen MR) is 85.3 cm³/mol. The van der Waals surface area contributed by atoms with E-state index >= 15 is 0 Å². The van der Waals surface area contributed by atoms with Crippen molar-refractivity contribution in [2.24, 2.45) is 0 Å². The van der Waals surface area contributed by atoms with Crippen molar-refractivity contribution in [2.45, 2.75) is 0 Å². The average molecular weight is 324 g/mol. The van der Waals surface area contributed by atoms with Crippen LogP contribution >= 0.6 is 11.6 Å². The number of nitrogens with zero attached hydrogens (tertiary/aromatic N) is 1. The van der Waals surface area contributed by atoms with Crippen molar-refractivity contribution in [3.05, 3.63) is 77.0 Å². The molecular formula is C18H10ClNO3. The van der Waals surface area contributed by atoms with E-state index in [0.717, 1.165) is 0 Å². The topological polar surface area (TPSA) is 63.2 Å². The fourth-order valence-corrected chi connectivity index (χ4v) is 2.27. The molecule has 23 heavy (non-hydrogen) atoms. The zero-order chi connectivity index (χ0) is 16.2. The van der Waals surface area contributed by atoms with Gasteiger partial charge in [-0.1, -0.05) is 29.8 Å². The summed E-state index contributed by atoms with van der Waals surface area (Å²) in [5.74, 6) is 0.179. The van der Waals surface area contributed by atoms with Crippen LogP contribution in [0.15, 0.2) is 65.1 Å². The van der Waals surface area contributed by atoms with Gasteiger partial charge in [-0.2, -0.15) is 5.26 Å². The van der Waals surface area contributed by atoms with Gasteiger partial charge < -0.3 is 9.15 Å². The van der Waals surface area contributed by atoms with Crippen molar-refractivity contribution in [3.63, 3.8) is 0 Å². The van der Waals surface area contributed by atoms with Crippen molar-refractivity contribution in [2.75, 3.05) is 0 Å². The Balaban J connectivity index is 1.81. The molecule has 0 N–H and O–H groups in total. The summed E-state index contributed by atoms with van der Waals surface area (Å²) in [5.41, 5.74) is 1.10. The zero-order valence-electron chi connectivity index (χ0n) is 11.8. The molecule has 0 atom stereocenters. The summed E-state index contributed by atoms with van der Waals surface area (Å²) in [6.45, 7) is 0. The van der Waals surface area contributed by atoms with Crippen LogP contribution in [0.3, 0.4) is 0 Å². The zero-order valence-corrected chi connectivity index (χ0v) is 12.6. The number of benzene rings is 2. The van der Waals surface area contributed by atoms with Gasteiger partial charge in [-0.3, -0.25) is 0 Å². The molecule has 0 radical (unpaired) electrons. The summed E-state index contributed by atoms with van der Waals surface area (Å²) < 4.78 is 10.7. The summed E-state index contributed by atoms with van der Waals surface area (Å²) in [6, 6.07) is 18.7. The first-order valence-corrected chi connectivity index (χ1v) is 7.12. The molecule has 0 amide bonds. The first-order chi connectivity index (χ1) is 11.2. The van der Waals surface area contributed by atoms with Gasteiger partial charge in [0.05, 0.1) is 16.7 Å². The Labute approximate surface area is 137 Å². The fourth-order valence-electron chi connectivity index (χ4n) is 2.04. The van der Waals surface area contributed by atoms with Crippen molar-refractivity contribution in [3.8, 4) is 23.1 Å². The molecule has 4 nitrogen and oxygen atoms in total. The molecule has 3 rings (SSSR count). The van der Waals surface area contributed by atoms with Gasteiger partial charge in [0, 0.05) is 5.56 Å². The van der Waals surface area contributed by atoms with Gasteiger partial charge in [0.2, 0.25) is 5.76 Å². The highest BCUT2D eigenvalue weighted by molar-refractivity contribution is 6.33. The van der Waals surface area contributed by atoms with Gasteiger partial charge in [0.25, 0.3) is 0 Å². The SMILES string of the molecule is N#Cc1cccc(OC(=O)c2ccc(-c3ccccc3Cl)o2)c1. The van der Waals surface area contributed by atoms with Gasteiger partial charge in [0.1, 0.15) is 11.5 Å². The molecule has 0 spiro atoms. The highest BCUT2D eigenvalue weighted by atomic mass is 35.5. The van der Waals surface area contributed by atoms with Crippen molar-refractivity contribution >= 4 is 17.6 Å². The number of hydrogen-bond donors (Lipinski definition) is 0. The Morgan fingerprint density at radius 1 is 1.09 bits per heavy atom. The number of furan rings is 1. The number of carbonyl (C=O) groups excluding carboxylic acids is 1. The second-order valence-electron chi connectivity index (χ2n) is 4.67. The molecule has 0 aliphatic carbocycles. The highest BCUT2D eigenvalue weighted by Crippen LogP contribution is 2.29. The van der Waals surface area contributed by atoms with Crippen LogP contribution in [0.5, 0.6) is 5.75 Å². The van der Waals surface area contributed by atoms with E-state index in [0.29, 0.717) is 21.9 Å². The van der Waals surface area contributed by atoms with Gasteiger partial charge in [-0.15, -0.1) is 0 Å². The molecule has 3 aromatic rings. The molecule has 0 aliphatic heterocycles. The molecule has 1 aromatic heterocycles. The Hall–Kier alpha value is -3.03.